The maximum absolute atomic E-state index is 12.2. The van der Waals surface area contributed by atoms with Crippen LogP contribution < -0.4 is 5.32 Å². The van der Waals surface area contributed by atoms with Crippen LogP contribution in [0, 0.1) is 0 Å². The van der Waals surface area contributed by atoms with Gasteiger partial charge in [0.25, 0.3) is 0 Å². The molecule has 1 aliphatic heterocycles. The fourth-order valence-corrected chi connectivity index (χ4v) is 1.69. The summed E-state index contributed by atoms with van der Waals surface area (Å²) in [5.41, 5.74) is 0. The highest BCUT2D eigenvalue weighted by Crippen LogP contribution is 2.22. The van der Waals surface area contributed by atoms with E-state index in [1.54, 1.807) is 0 Å². The van der Waals surface area contributed by atoms with Crippen molar-refractivity contribution < 1.29 is 33.0 Å². The van der Waals surface area contributed by atoms with Crippen LogP contribution in [0.5, 0.6) is 0 Å². The first-order chi connectivity index (χ1) is 8.21. The molecule has 2 unspecified atom stereocenters. The number of aliphatic hydroxyl groups is 1. The lowest BCUT2D eigenvalue weighted by Gasteiger charge is -2.35. The zero-order chi connectivity index (χ0) is 13.9. The Morgan fingerprint density at radius 1 is 1.56 bits per heavy atom. The van der Waals surface area contributed by atoms with E-state index in [1.807, 2.05) is 0 Å². The number of carbonyl (C=O) groups is 2. The van der Waals surface area contributed by atoms with Crippen LogP contribution in [0.3, 0.4) is 0 Å². The summed E-state index contributed by atoms with van der Waals surface area (Å²) >= 11 is 0. The van der Waals surface area contributed by atoms with E-state index in [9.17, 15) is 22.8 Å². The van der Waals surface area contributed by atoms with Crippen molar-refractivity contribution in [1.29, 1.82) is 0 Å². The summed E-state index contributed by atoms with van der Waals surface area (Å²) in [6, 6.07) is -1.19. The third kappa shape index (κ3) is 3.84. The van der Waals surface area contributed by atoms with Crippen LogP contribution in [-0.4, -0.2) is 64.9 Å². The highest BCUT2D eigenvalue weighted by atomic mass is 19.4. The van der Waals surface area contributed by atoms with E-state index in [4.69, 9.17) is 10.2 Å². The third-order valence-corrected chi connectivity index (χ3v) is 2.59. The van der Waals surface area contributed by atoms with E-state index in [-0.39, 0.29) is 13.1 Å². The molecule has 104 valence electrons. The Morgan fingerprint density at radius 3 is 2.67 bits per heavy atom. The molecule has 2 atom stereocenters. The Bertz CT molecular complexity index is 334. The second-order valence-electron chi connectivity index (χ2n) is 3.96. The first-order valence-corrected chi connectivity index (χ1v) is 5.20. The molecule has 1 amide bonds. The molecule has 1 rings (SSSR count). The summed E-state index contributed by atoms with van der Waals surface area (Å²) < 4.78 is 36.6. The minimum Gasteiger partial charge on any atom is -0.481 e. The average molecular weight is 270 g/mol. The molecule has 6 nitrogen and oxygen atoms in total. The van der Waals surface area contributed by atoms with Gasteiger partial charge in [0.15, 0.2) is 6.10 Å². The molecule has 0 radical (unpaired) electrons. The first-order valence-electron chi connectivity index (χ1n) is 5.20. The predicted octanol–water partition coefficient (Wildman–Crippen LogP) is -0.815. The molecule has 1 aliphatic rings. The molecular formula is C9H13F3N2O4. The molecule has 3 N–H and O–H groups in total. The third-order valence-electron chi connectivity index (χ3n) is 2.59. The quantitative estimate of drug-likeness (QED) is 0.621. The van der Waals surface area contributed by atoms with Crippen LogP contribution >= 0.6 is 0 Å². The Kier molecular flexibility index (Phi) is 4.52. The smallest absolute Gasteiger partial charge is 0.415 e. The van der Waals surface area contributed by atoms with Crippen LogP contribution in [0.25, 0.3) is 0 Å². The number of amides is 1. The lowest BCUT2D eigenvalue weighted by Crippen LogP contribution is -2.58. The van der Waals surface area contributed by atoms with Gasteiger partial charge in [-0.1, -0.05) is 0 Å². The number of piperazine rings is 1. The van der Waals surface area contributed by atoms with E-state index in [0.29, 0.717) is 0 Å². The topological polar surface area (TPSA) is 89.9 Å². The van der Waals surface area contributed by atoms with Crippen LogP contribution in [-0.2, 0) is 9.59 Å². The number of carboxylic acids is 1. The van der Waals surface area contributed by atoms with Crippen LogP contribution in [0.15, 0.2) is 0 Å². The first kappa shape index (κ1) is 14.7. The lowest BCUT2D eigenvalue weighted by atomic mass is 10.1. The van der Waals surface area contributed by atoms with Crippen LogP contribution in [0.4, 0.5) is 13.2 Å². The molecule has 0 aromatic rings. The number of nitrogens with one attached hydrogen (secondary N) is 1. The number of aliphatic carboxylic acids is 1. The minimum absolute atomic E-state index is 0.0663. The second kappa shape index (κ2) is 5.53. The van der Waals surface area contributed by atoms with Gasteiger partial charge in [-0.25, -0.2) is 0 Å². The zero-order valence-electron chi connectivity index (χ0n) is 9.28. The fourth-order valence-electron chi connectivity index (χ4n) is 1.69. The van der Waals surface area contributed by atoms with Crippen molar-refractivity contribution in [2.75, 3.05) is 19.6 Å². The predicted molar refractivity (Wildman–Crippen MR) is 52.7 cm³/mol. The molecule has 1 heterocycles. The normalized spacial score (nSPS) is 23.6. The van der Waals surface area contributed by atoms with E-state index in [1.165, 1.54) is 0 Å². The summed E-state index contributed by atoms with van der Waals surface area (Å²) in [7, 11) is 0. The second-order valence-corrected chi connectivity index (χ2v) is 3.96. The molecule has 0 aliphatic carbocycles. The molecule has 0 aromatic heterocycles. The van der Waals surface area contributed by atoms with E-state index in [2.05, 4.69) is 5.32 Å². The molecular weight excluding hydrogens is 257 g/mol. The fraction of sp³-hybridized carbons (Fsp3) is 0.778. The lowest BCUT2D eigenvalue weighted by molar-refractivity contribution is -0.210. The summed E-state index contributed by atoms with van der Waals surface area (Å²) in [4.78, 5) is 23.0. The van der Waals surface area contributed by atoms with Crippen molar-refractivity contribution in [3.63, 3.8) is 0 Å². The van der Waals surface area contributed by atoms with Crippen LogP contribution in [0.2, 0.25) is 0 Å². The standard InChI is InChI=1S/C9H13F3N2O4/c10-9(11,12)6(15)4-14-2-1-13-8(18)5(14)3-7(16)17/h5-6,15H,1-4H2,(H,13,18)(H,16,17). The number of alkyl halides is 3. The van der Waals surface area contributed by atoms with Gasteiger partial charge in [0.2, 0.25) is 5.91 Å². The highest BCUT2D eigenvalue weighted by Gasteiger charge is 2.42. The van der Waals surface area contributed by atoms with Gasteiger partial charge in [0, 0.05) is 19.6 Å². The van der Waals surface area contributed by atoms with Gasteiger partial charge in [0.1, 0.15) is 0 Å². The minimum atomic E-state index is -4.79. The number of hydrogen-bond donors (Lipinski definition) is 3. The number of rotatable bonds is 4. The number of halogens is 3. The molecule has 1 saturated heterocycles. The number of carboxylic acid groups (broad SMARTS) is 1. The van der Waals surface area contributed by atoms with E-state index < -0.39 is 43.2 Å². The van der Waals surface area contributed by atoms with Gasteiger partial charge in [0.05, 0.1) is 12.5 Å². The number of nitrogens with zero attached hydrogens (tertiary/aromatic N) is 1. The molecule has 0 spiro atoms. The van der Waals surface area contributed by atoms with Gasteiger partial charge in [-0.3, -0.25) is 14.5 Å². The Balaban J connectivity index is 2.71. The summed E-state index contributed by atoms with van der Waals surface area (Å²) in [6.45, 7) is -0.620. The van der Waals surface area contributed by atoms with Crippen molar-refractivity contribution in [1.82, 2.24) is 10.2 Å². The number of aliphatic hydroxyl groups excluding tert-OH is 1. The summed E-state index contributed by atoms with van der Waals surface area (Å²) in [5.74, 6) is -1.93. The maximum atomic E-state index is 12.2. The van der Waals surface area contributed by atoms with Crippen molar-refractivity contribution in [2.24, 2.45) is 0 Å². The van der Waals surface area contributed by atoms with Gasteiger partial charge in [-0.05, 0) is 0 Å². The molecule has 1 fully saturated rings. The number of hydrogen-bond acceptors (Lipinski definition) is 4. The number of β-amino-alcohol motifs (C(OH)–C–C–N with tert-alkyl or cyclic N) is 1. The van der Waals surface area contributed by atoms with Gasteiger partial charge in [-0.2, -0.15) is 13.2 Å². The van der Waals surface area contributed by atoms with Crippen molar-refractivity contribution in [2.45, 2.75) is 24.7 Å². The monoisotopic (exact) mass is 270 g/mol. The summed E-state index contributed by atoms with van der Waals surface area (Å²) in [5, 5.41) is 19.9. The van der Waals surface area contributed by atoms with Gasteiger partial charge < -0.3 is 15.5 Å². The molecule has 0 aromatic carbocycles. The molecule has 0 bridgehead atoms. The van der Waals surface area contributed by atoms with Crippen molar-refractivity contribution in [3.8, 4) is 0 Å². The molecule has 0 saturated carbocycles. The average Bonchev–Trinajstić information content (AvgIpc) is 2.21. The Hall–Kier alpha value is -1.35. The summed E-state index contributed by atoms with van der Waals surface area (Å²) in [6.07, 6.45) is -7.99. The zero-order valence-corrected chi connectivity index (χ0v) is 9.28. The van der Waals surface area contributed by atoms with Crippen molar-refractivity contribution in [3.05, 3.63) is 0 Å². The van der Waals surface area contributed by atoms with Gasteiger partial charge in [-0.15, -0.1) is 0 Å². The van der Waals surface area contributed by atoms with E-state index >= 15 is 0 Å². The Labute approximate surface area is 100 Å². The SMILES string of the molecule is O=C(O)CC1C(=O)NCCN1CC(O)C(F)(F)F. The van der Waals surface area contributed by atoms with Crippen LogP contribution in [0.1, 0.15) is 6.42 Å². The maximum Gasteiger partial charge on any atom is 0.415 e. The van der Waals surface area contributed by atoms with E-state index in [0.717, 1.165) is 4.90 Å². The van der Waals surface area contributed by atoms with Crippen molar-refractivity contribution >= 4 is 11.9 Å². The largest absolute Gasteiger partial charge is 0.481 e. The van der Waals surface area contributed by atoms with Gasteiger partial charge >= 0.3 is 12.1 Å². The highest BCUT2D eigenvalue weighted by molar-refractivity contribution is 5.86. The Morgan fingerprint density at radius 2 is 2.17 bits per heavy atom. The number of carbonyl (C=O) groups excluding carboxylic acids is 1. The molecule has 9 heteroatoms. The molecule has 18 heavy (non-hydrogen) atoms.